The van der Waals surface area contributed by atoms with E-state index in [0.29, 0.717) is 6.42 Å². The van der Waals surface area contributed by atoms with Gasteiger partial charge in [0, 0.05) is 0 Å². The number of hydrogen-bond acceptors (Lipinski definition) is 2. The normalized spacial score (nSPS) is 9.92. The molecule has 70 valence electrons. The van der Waals surface area contributed by atoms with Crippen molar-refractivity contribution >= 4 is 27.3 Å². The Bertz CT molecular complexity index is 316. The minimum absolute atomic E-state index is 0.271. The van der Waals surface area contributed by atoms with Gasteiger partial charge in [-0.25, -0.2) is 0 Å². The Morgan fingerprint density at radius 1 is 1.54 bits per heavy atom. The van der Waals surface area contributed by atoms with Crippen LogP contribution in [0.25, 0.3) is 0 Å². The SMILES string of the molecule is N#Cc1sc(Br)cc1CCCCF. The minimum Gasteiger partial charge on any atom is -0.251 e. The molecule has 0 aliphatic heterocycles. The molecular formula is C9H9BrFNS. The highest BCUT2D eigenvalue weighted by Crippen LogP contribution is 2.27. The second-order valence-electron chi connectivity index (χ2n) is 2.66. The van der Waals surface area contributed by atoms with Crippen molar-refractivity contribution in [2.75, 3.05) is 6.67 Å². The van der Waals surface area contributed by atoms with Crippen molar-refractivity contribution in [2.24, 2.45) is 0 Å². The summed E-state index contributed by atoms with van der Waals surface area (Å²) < 4.78 is 12.8. The van der Waals surface area contributed by atoms with E-state index in [1.165, 1.54) is 11.3 Å². The van der Waals surface area contributed by atoms with Crippen molar-refractivity contribution in [3.05, 3.63) is 20.3 Å². The van der Waals surface area contributed by atoms with Crippen molar-refractivity contribution in [1.29, 1.82) is 5.26 Å². The van der Waals surface area contributed by atoms with Gasteiger partial charge in [0.25, 0.3) is 0 Å². The Morgan fingerprint density at radius 3 is 2.92 bits per heavy atom. The third kappa shape index (κ3) is 3.09. The van der Waals surface area contributed by atoms with Crippen molar-refractivity contribution < 1.29 is 4.39 Å². The van der Waals surface area contributed by atoms with E-state index in [4.69, 9.17) is 5.26 Å². The monoisotopic (exact) mass is 261 g/mol. The fourth-order valence-corrected chi connectivity index (χ4v) is 2.58. The zero-order valence-corrected chi connectivity index (χ0v) is 9.42. The third-order valence-electron chi connectivity index (χ3n) is 1.71. The third-order valence-corrected chi connectivity index (χ3v) is 3.30. The lowest BCUT2D eigenvalue weighted by atomic mass is 10.1. The van der Waals surface area contributed by atoms with Crippen LogP contribution in [0.15, 0.2) is 9.85 Å². The van der Waals surface area contributed by atoms with Gasteiger partial charge in [-0.05, 0) is 46.8 Å². The second kappa shape index (κ2) is 5.36. The van der Waals surface area contributed by atoms with Crippen LogP contribution in [0.5, 0.6) is 0 Å². The van der Waals surface area contributed by atoms with E-state index >= 15 is 0 Å². The summed E-state index contributed by atoms with van der Waals surface area (Å²) in [6.45, 7) is -0.271. The van der Waals surface area contributed by atoms with Gasteiger partial charge in [0.2, 0.25) is 0 Å². The van der Waals surface area contributed by atoms with Gasteiger partial charge in [-0.2, -0.15) is 5.26 Å². The molecule has 1 aromatic rings. The average Bonchev–Trinajstić information content (AvgIpc) is 2.47. The molecule has 0 aliphatic carbocycles. The number of thiophene rings is 1. The molecule has 0 saturated heterocycles. The molecule has 13 heavy (non-hydrogen) atoms. The molecule has 0 aliphatic rings. The van der Waals surface area contributed by atoms with E-state index < -0.39 is 0 Å². The fraction of sp³-hybridized carbons (Fsp3) is 0.444. The van der Waals surface area contributed by atoms with Gasteiger partial charge < -0.3 is 0 Å². The van der Waals surface area contributed by atoms with Gasteiger partial charge >= 0.3 is 0 Å². The average molecular weight is 262 g/mol. The number of hydrogen-bond donors (Lipinski definition) is 0. The number of aryl methyl sites for hydroxylation is 1. The molecular weight excluding hydrogens is 253 g/mol. The van der Waals surface area contributed by atoms with Crippen molar-refractivity contribution in [2.45, 2.75) is 19.3 Å². The lowest BCUT2D eigenvalue weighted by Gasteiger charge is -1.95. The Labute approximate surface area is 89.3 Å². The summed E-state index contributed by atoms with van der Waals surface area (Å²) in [5.74, 6) is 0. The Hall–Kier alpha value is -0.400. The molecule has 0 spiro atoms. The number of nitrogens with zero attached hydrogens (tertiary/aromatic N) is 1. The maximum absolute atomic E-state index is 11.8. The zero-order chi connectivity index (χ0) is 9.68. The van der Waals surface area contributed by atoms with Crippen LogP contribution in [0.2, 0.25) is 0 Å². The summed E-state index contributed by atoms with van der Waals surface area (Å²) in [5.41, 5.74) is 1.04. The second-order valence-corrected chi connectivity index (χ2v) is 5.09. The van der Waals surface area contributed by atoms with Crippen LogP contribution in [-0.4, -0.2) is 6.67 Å². The molecule has 0 unspecified atom stereocenters. The highest BCUT2D eigenvalue weighted by Gasteiger charge is 2.06. The van der Waals surface area contributed by atoms with E-state index in [0.717, 1.165) is 27.1 Å². The molecule has 0 amide bonds. The molecule has 1 rings (SSSR count). The molecule has 1 aromatic heterocycles. The first kappa shape index (κ1) is 10.7. The molecule has 0 saturated carbocycles. The standard InChI is InChI=1S/C9H9BrFNS/c10-9-5-7(3-1-2-4-11)8(6-12)13-9/h5H,1-4H2. The first-order valence-electron chi connectivity index (χ1n) is 4.02. The number of halogens is 2. The highest BCUT2D eigenvalue weighted by atomic mass is 79.9. The molecule has 1 nitrogen and oxygen atoms in total. The predicted octanol–water partition coefficient (Wildman–Crippen LogP) is 3.67. The lowest BCUT2D eigenvalue weighted by Crippen LogP contribution is -1.86. The number of nitriles is 1. The summed E-state index contributed by atoms with van der Waals surface area (Å²) in [4.78, 5) is 0.741. The minimum atomic E-state index is -0.271. The summed E-state index contributed by atoms with van der Waals surface area (Å²) >= 11 is 4.76. The smallest absolute Gasteiger partial charge is 0.110 e. The van der Waals surface area contributed by atoms with E-state index in [1.807, 2.05) is 6.07 Å². The number of rotatable bonds is 4. The van der Waals surface area contributed by atoms with Crippen molar-refractivity contribution in [1.82, 2.24) is 0 Å². The van der Waals surface area contributed by atoms with Gasteiger partial charge in [-0.15, -0.1) is 11.3 Å². The lowest BCUT2D eigenvalue weighted by molar-refractivity contribution is 0.462. The zero-order valence-electron chi connectivity index (χ0n) is 7.02. The van der Waals surface area contributed by atoms with Crippen molar-refractivity contribution in [3.8, 4) is 6.07 Å². The first-order chi connectivity index (χ1) is 6.27. The summed E-state index contributed by atoms with van der Waals surface area (Å²) in [6, 6.07) is 4.08. The topological polar surface area (TPSA) is 23.8 Å². The van der Waals surface area contributed by atoms with Crippen molar-refractivity contribution in [3.63, 3.8) is 0 Å². The Balaban J connectivity index is 2.60. The van der Waals surface area contributed by atoms with Crippen LogP contribution < -0.4 is 0 Å². The molecule has 0 fully saturated rings. The van der Waals surface area contributed by atoms with Gasteiger partial charge in [0.15, 0.2) is 0 Å². The summed E-state index contributed by atoms with van der Waals surface area (Å²) in [5, 5.41) is 8.75. The maximum Gasteiger partial charge on any atom is 0.110 e. The number of alkyl halides is 1. The largest absolute Gasteiger partial charge is 0.251 e. The molecule has 0 aromatic carbocycles. The van der Waals surface area contributed by atoms with Gasteiger partial charge in [0.05, 0.1) is 10.5 Å². The molecule has 0 bridgehead atoms. The summed E-state index contributed by atoms with van der Waals surface area (Å²) in [6.07, 6.45) is 2.20. The van der Waals surface area contributed by atoms with Crippen LogP contribution in [0.4, 0.5) is 4.39 Å². The van der Waals surface area contributed by atoms with E-state index in [2.05, 4.69) is 22.0 Å². The van der Waals surface area contributed by atoms with Gasteiger partial charge in [0.1, 0.15) is 10.9 Å². The van der Waals surface area contributed by atoms with Crippen LogP contribution in [0, 0.1) is 11.3 Å². The fourth-order valence-electron chi connectivity index (χ4n) is 1.09. The van der Waals surface area contributed by atoms with Gasteiger partial charge in [-0.1, -0.05) is 0 Å². The Morgan fingerprint density at radius 2 is 2.31 bits per heavy atom. The highest BCUT2D eigenvalue weighted by molar-refractivity contribution is 9.11. The van der Waals surface area contributed by atoms with Crippen LogP contribution in [0.1, 0.15) is 23.3 Å². The predicted molar refractivity (Wildman–Crippen MR) is 55.6 cm³/mol. The molecule has 1 heterocycles. The van der Waals surface area contributed by atoms with Gasteiger partial charge in [-0.3, -0.25) is 4.39 Å². The van der Waals surface area contributed by atoms with Crippen LogP contribution >= 0.6 is 27.3 Å². The maximum atomic E-state index is 11.8. The van der Waals surface area contributed by atoms with E-state index in [-0.39, 0.29) is 6.67 Å². The molecule has 0 radical (unpaired) electrons. The summed E-state index contributed by atoms with van der Waals surface area (Å²) in [7, 11) is 0. The van der Waals surface area contributed by atoms with E-state index in [1.54, 1.807) is 0 Å². The molecule has 0 atom stereocenters. The first-order valence-corrected chi connectivity index (χ1v) is 5.63. The van der Waals surface area contributed by atoms with Crippen LogP contribution in [0.3, 0.4) is 0 Å². The Kier molecular flexibility index (Phi) is 4.40. The molecule has 4 heteroatoms. The van der Waals surface area contributed by atoms with Crippen LogP contribution in [-0.2, 0) is 6.42 Å². The van der Waals surface area contributed by atoms with E-state index in [9.17, 15) is 4.39 Å². The quantitative estimate of drug-likeness (QED) is 0.759. The molecule has 0 N–H and O–H groups in total. The number of unbranched alkanes of at least 4 members (excludes halogenated alkanes) is 1.